The number of rotatable bonds is 8. The van der Waals surface area contributed by atoms with Gasteiger partial charge in [0.15, 0.2) is 0 Å². The molecule has 4 nitrogen and oxygen atoms in total. The molecular weight excluding hydrogens is 289 g/mol. The molecule has 0 aliphatic rings. The first-order valence-electron chi connectivity index (χ1n) is 6.01. The second-order valence-corrected chi connectivity index (χ2v) is 5.15. The molecule has 0 heterocycles. The van der Waals surface area contributed by atoms with E-state index in [2.05, 4.69) is 5.32 Å². The zero-order chi connectivity index (χ0) is 14.3. The Bertz CT molecular complexity index is 390. The van der Waals surface area contributed by atoms with Crippen LogP contribution in [0.4, 0.5) is 0 Å². The Hall–Kier alpha value is -0.520. The monoisotopic (exact) mass is 307 g/mol. The summed E-state index contributed by atoms with van der Waals surface area (Å²) in [6.07, 6.45) is -0.630. The fraction of sp³-hybridized carbons (Fsp3) is 0.538. The Balaban J connectivity index is 2.33. The number of halogens is 2. The van der Waals surface area contributed by atoms with E-state index in [1.165, 1.54) is 0 Å². The maximum Gasteiger partial charge on any atom is 0.139 e. The van der Waals surface area contributed by atoms with Crippen LogP contribution in [0.25, 0.3) is 0 Å². The fourth-order valence-corrected chi connectivity index (χ4v) is 1.81. The van der Waals surface area contributed by atoms with Crippen molar-refractivity contribution in [1.29, 1.82) is 0 Å². The zero-order valence-electron chi connectivity index (χ0n) is 11.0. The average molecular weight is 308 g/mol. The molecule has 0 aliphatic heterocycles. The number of hydrogen-bond acceptors (Lipinski definition) is 4. The van der Waals surface area contributed by atoms with E-state index >= 15 is 0 Å². The fourth-order valence-electron chi connectivity index (χ4n) is 1.48. The van der Waals surface area contributed by atoms with Gasteiger partial charge in [-0.3, -0.25) is 0 Å². The van der Waals surface area contributed by atoms with Gasteiger partial charge < -0.3 is 19.9 Å². The molecule has 0 amide bonds. The summed E-state index contributed by atoms with van der Waals surface area (Å²) >= 11 is 11.8. The lowest BCUT2D eigenvalue weighted by Gasteiger charge is -2.17. The lowest BCUT2D eigenvalue weighted by atomic mass is 10.3. The highest BCUT2D eigenvalue weighted by atomic mass is 35.5. The van der Waals surface area contributed by atoms with Crippen molar-refractivity contribution in [2.45, 2.75) is 19.1 Å². The third-order valence-electron chi connectivity index (χ3n) is 2.44. The first-order valence-corrected chi connectivity index (χ1v) is 6.76. The van der Waals surface area contributed by atoms with Crippen molar-refractivity contribution in [2.75, 3.05) is 26.9 Å². The van der Waals surface area contributed by atoms with Gasteiger partial charge in [0.05, 0.1) is 11.6 Å². The van der Waals surface area contributed by atoms with Gasteiger partial charge in [0.25, 0.3) is 0 Å². The third-order valence-corrected chi connectivity index (χ3v) is 2.99. The average Bonchev–Trinajstić information content (AvgIpc) is 2.38. The molecular formula is C13H19Cl2NO3. The van der Waals surface area contributed by atoms with Gasteiger partial charge in [0, 0.05) is 30.8 Å². The van der Waals surface area contributed by atoms with Crippen molar-refractivity contribution in [3.05, 3.63) is 28.2 Å². The van der Waals surface area contributed by atoms with Crippen LogP contribution in [0.15, 0.2) is 18.2 Å². The Labute approximate surface area is 123 Å². The van der Waals surface area contributed by atoms with Crippen LogP contribution in [0.3, 0.4) is 0 Å². The summed E-state index contributed by atoms with van der Waals surface area (Å²) in [7, 11) is 1.64. The summed E-state index contributed by atoms with van der Waals surface area (Å²) in [4.78, 5) is 0. The smallest absolute Gasteiger partial charge is 0.139 e. The maximum atomic E-state index is 9.78. The number of benzene rings is 1. The molecule has 0 aromatic heterocycles. The van der Waals surface area contributed by atoms with Crippen LogP contribution in [0.1, 0.15) is 6.92 Å². The highest BCUT2D eigenvalue weighted by Crippen LogP contribution is 2.27. The van der Waals surface area contributed by atoms with E-state index in [9.17, 15) is 5.11 Å². The predicted octanol–water partition coefficient (Wildman–Crippen LogP) is 2.36. The van der Waals surface area contributed by atoms with E-state index in [1.54, 1.807) is 25.3 Å². The summed E-state index contributed by atoms with van der Waals surface area (Å²) in [5.74, 6) is 0.471. The minimum absolute atomic E-state index is 0.146. The van der Waals surface area contributed by atoms with Gasteiger partial charge in [0.2, 0.25) is 0 Å². The molecule has 6 heteroatoms. The van der Waals surface area contributed by atoms with E-state index < -0.39 is 6.10 Å². The third kappa shape index (κ3) is 6.45. The minimum Gasteiger partial charge on any atom is -0.489 e. The number of nitrogens with one attached hydrogen (secondary N) is 1. The largest absolute Gasteiger partial charge is 0.489 e. The molecule has 0 saturated carbocycles. The summed E-state index contributed by atoms with van der Waals surface area (Å²) in [5, 5.41) is 13.9. The molecule has 1 rings (SSSR count). The van der Waals surface area contributed by atoms with Crippen LogP contribution in [0.5, 0.6) is 5.75 Å². The first kappa shape index (κ1) is 16.5. The topological polar surface area (TPSA) is 50.7 Å². The van der Waals surface area contributed by atoms with Gasteiger partial charge in [-0.25, -0.2) is 0 Å². The van der Waals surface area contributed by atoms with E-state index in [-0.39, 0.29) is 12.6 Å². The second kappa shape index (κ2) is 8.61. The highest BCUT2D eigenvalue weighted by Gasteiger charge is 2.09. The van der Waals surface area contributed by atoms with Crippen molar-refractivity contribution >= 4 is 23.2 Å². The molecule has 2 atom stereocenters. The molecule has 0 radical (unpaired) electrons. The van der Waals surface area contributed by atoms with Gasteiger partial charge in [-0.2, -0.15) is 0 Å². The highest BCUT2D eigenvalue weighted by molar-refractivity contribution is 6.34. The van der Waals surface area contributed by atoms with Crippen molar-refractivity contribution < 1.29 is 14.6 Å². The Kier molecular flexibility index (Phi) is 7.49. The summed E-state index contributed by atoms with van der Waals surface area (Å²) in [6, 6.07) is 5.14. The van der Waals surface area contributed by atoms with Crippen LogP contribution < -0.4 is 10.1 Å². The molecule has 0 aliphatic carbocycles. The standard InChI is InChI=1S/C13H19Cl2NO3/c1-9(7-18-2)16-6-11(17)8-19-13-5-10(14)3-4-12(13)15/h3-5,9,11,16-17H,6-8H2,1-2H3. The van der Waals surface area contributed by atoms with E-state index in [4.69, 9.17) is 32.7 Å². The van der Waals surface area contributed by atoms with Crippen molar-refractivity contribution in [1.82, 2.24) is 5.32 Å². The zero-order valence-corrected chi connectivity index (χ0v) is 12.5. The van der Waals surface area contributed by atoms with Gasteiger partial charge in [-0.1, -0.05) is 23.2 Å². The molecule has 1 aromatic rings. The van der Waals surface area contributed by atoms with Gasteiger partial charge in [-0.05, 0) is 19.1 Å². The van der Waals surface area contributed by atoms with Crippen LogP contribution in [0.2, 0.25) is 10.0 Å². The molecule has 1 aromatic carbocycles. The summed E-state index contributed by atoms with van der Waals surface area (Å²) in [5.41, 5.74) is 0. The number of ether oxygens (including phenoxy) is 2. The van der Waals surface area contributed by atoms with Crippen LogP contribution in [-0.4, -0.2) is 44.1 Å². The van der Waals surface area contributed by atoms with Crippen molar-refractivity contribution in [3.8, 4) is 5.75 Å². The van der Waals surface area contributed by atoms with Crippen molar-refractivity contribution in [2.24, 2.45) is 0 Å². The molecule has 0 spiro atoms. The molecule has 19 heavy (non-hydrogen) atoms. The van der Waals surface area contributed by atoms with E-state index in [0.29, 0.717) is 28.9 Å². The molecule has 108 valence electrons. The quantitative estimate of drug-likeness (QED) is 0.774. The number of hydrogen-bond donors (Lipinski definition) is 2. The maximum absolute atomic E-state index is 9.78. The Morgan fingerprint density at radius 1 is 1.32 bits per heavy atom. The predicted molar refractivity (Wildman–Crippen MR) is 77.3 cm³/mol. The van der Waals surface area contributed by atoms with Crippen LogP contribution in [-0.2, 0) is 4.74 Å². The van der Waals surface area contributed by atoms with E-state index in [1.807, 2.05) is 6.92 Å². The lowest BCUT2D eigenvalue weighted by molar-refractivity contribution is 0.0973. The molecule has 2 N–H and O–H groups in total. The van der Waals surface area contributed by atoms with Crippen LogP contribution >= 0.6 is 23.2 Å². The van der Waals surface area contributed by atoms with Gasteiger partial charge in [-0.15, -0.1) is 0 Å². The van der Waals surface area contributed by atoms with Crippen molar-refractivity contribution in [3.63, 3.8) is 0 Å². The molecule has 0 saturated heterocycles. The SMILES string of the molecule is COCC(C)NCC(O)COc1cc(Cl)ccc1Cl. The Morgan fingerprint density at radius 3 is 2.74 bits per heavy atom. The molecule has 0 fully saturated rings. The van der Waals surface area contributed by atoms with Crippen LogP contribution in [0, 0.1) is 0 Å². The molecule has 2 unspecified atom stereocenters. The first-order chi connectivity index (χ1) is 9.02. The van der Waals surface area contributed by atoms with Gasteiger partial charge in [0.1, 0.15) is 18.5 Å². The minimum atomic E-state index is -0.630. The normalized spacial score (nSPS) is 14.2. The Morgan fingerprint density at radius 2 is 2.05 bits per heavy atom. The second-order valence-electron chi connectivity index (χ2n) is 4.30. The number of methoxy groups -OCH3 is 1. The van der Waals surface area contributed by atoms with Gasteiger partial charge >= 0.3 is 0 Å². The summed E-state index contributed by atoms with van der Waals surface area (Å²) < 4.78 is 10.4. The number of aliphatic hydroxyl groups excluding tert-OH is 1. The van der Waals surface area contributed by atoms with E-state index in [0.717, 1.165) is 0 Å². The number of aliphatic hydroxyl groups is 1. The summed E-state index contributed by atoms with van der Waals surface area (Å²) in [6.45, 7) is 3.13. The molecule has 0 bridgehead atoms. The lowest BCUT2D eigenvalue weighted by Crippen LogP contribution is -2.38.